The van der Waals surface area contributed by atoms with Crippen LogP contribution in [0.25, 0.3) is 0 Å². The maximum atomic E-state index is 11.9. The molecule has 1 aliphatic heterocycles. The highest BCUT2D eigenvalue weighted by molar-refractivity contribution is 5.87. The van der Waals surface area contributed by atoms with Crippen molar-refractivity contribution in [2.24, 2.45) is 0 Å². The van der Waals surface area contributed by atoms with Gasteiger partial charge in [0.2, 0.25) is 5.91 Å². The normalized spacial score (nSPS) is 17.0. The number of amides is 1. The van der Waals surface area contributed by atoms with Gasteiger partial charge >= 0.3 is 0 Å². The van der Waals surface area contributed by atoms with Crippen molar-refractivity contribution in [3.8, 4) is 5.75 Å². The highest BCUT2D eigenvalue weighted by Crippen LogP contribution is 2.27. The molecule has 0 radical (unpaired) electrons. The molecule has 1 aromatic carbocycles. The third-order valence-corrected chi connectivity index (χ3v) is 4.08. The Balaban J connectivity index is 2.06. The van der Waals surface area contributed by atoms with Crippen LogP contribution in [0.2, 0.25) is 0 Å². The van der Waals surface area contributed by atoms with Gasteiger partial charge in [0.1, 0.15) is 5.75 Å². The Hall–Kier alpha value is -2.07. The first kappa shape index (κ1) is 17.3. The Kier molecular flexibility index (Phi) is 6.88. The molecular formula is C19H26N2O2. The Morgan fingerprint density at radius 3 is 2.83 bits per heavy atom. The van der Waals surface area contributed by atoms with Crippen LogP contribution >= 0.6 is 0 Å². The van der Waals surface area contributed by atoms with Crippen molar-refractivity contribution in [2.45, 2.75) is 25.8 Å². The van der Waals surface area contributed by atoms with Gasteiger partial charge in [-0.2, -0.15) is 0 Å². The summed E-state index contributed by atoms with van der Waals surface area (Å²) in [4.78, 5) is 14.4. The molecule has 1 N–H and O–H groups in total. The lowest BCUT2D eigenvalue weighted by molar-refractivity contribution is -0.116. The summed E-state index contributed by atoms with van der Waals surface area (Å²) in [6, 6.07) is 8.30. The molecule has 0 bridgehead atoms. The fraction of sp³-hybridized carbons (Fsp3) is 0.421. The summed E-state index contributed by atoms with van der Waals surface area (Å²) in [5.74, 6) is 0.793. The Morgan fingerprint density at radius 1 is 1.35 bits per heavy atom. The minimum atomic E-state index is -0.0600. The minimum Gasteiger partial charge on any atom is -0.497 e. The molecule has 1 aromatic rings. The zero-order valence-corrected chi connectivity index (χ0v) is 14.0. The quantitative estimate of drug-likeness (QED) is 0.621. The van der Waals surface area contributed by atoms with E-state index in [1.807, 2.05) is 31.2 Å². The van der Waals surface area contributed by atoms with Gasteiger partial charge in [0, 0.05) is 12.6 Å². The highest BCUT2D eigenvalue weighted by Gasteiger charge is 2.24. The number of hydrogen-bond donors (Lipinski definition) is 1. The standard InChI is InChI=1S/C19H26N2O2/c1-3-4-5-11-19(22)20-15-18(21-12-6-7-13-21)16-9-8-10-17(14-16)23-2/h3-5,8-11,14,18H,6-7,12-13,15H2,1-2H3,(H,20,22). The molecule has 1 saturated heterocycles. The molecule has 0 aromatic heterocycles. The third kappa shape index (κ3) is 5.25. The number of rotatable bonds is 7. The van der Waals surface area contributed by atoms with E-state index in [0.29, 0.717) is 6.54 Å². The van der Waals surface area contributed by atoms with Crippen LogP contribution in [0.5, 0.6) is 5.75 Å². The summed E-state index contributed by atoms with van der Waals surface area (Å²) in [7, 11) is 1.68. The number of benzene rings is 1. The SMILES string of the molecule is CC=CC=CC(=O)NCC(c1cccc(OC)c1)N1CCCC1. The summed E-state index contributed by atoms with van der Waals surface area (Å²) in [5.41, 5.74) is 1.18. The van der Waals surface area contributed by atoms with E-state index in [1.54, 1.807) is 19.3 Å². The van der Waals surface area contributed by atoms with Crippen LogP contribution in [0, 0.1) is 0 Å². The summed E-state index contributed by atoms with van der Waals surface area (Å²) >= 11 is 0. The van der Waals surface area contributed by atoms with Crippen molar-refractivity contribution >= 4 is 5.91 Å². The lowest BCUT2D eigenvalue weighted by atomic mass is 10.0. The van der Waals surface area contributed by atoms with Gasteiger partial charge in [-0.05, 0) is 50.6 Å². The summed E-state index contributed by atoms with van der Waals surface area (Å²) in [6.45, 7) is 4.68. The number of nitrogens with zero attached hydrogens (tertiary/aromatic N) is 1. The van der Waals surface area contributed by atoms with E-state index in [-0.39, 0.29) is 11.9 Å². The van der Waals surface area contributed by atoms with E-state index in [4.69, 9.17) is 4.74 Å². The van der Waals surface area contributed by atoms with Crippen molar-refractivity contribution < 1.29 is 9.53 Å². The first-order valence-electron chi connectivity index (χ1n) is 8.20. The van der Waals surface area contributed by atoms with Crippen LogP contribution in [-0.4, -0.2) is 37.6 Å². The second kappa shape index (κ2) is 9.16. The fourth-order valence-corrected chi connectivity index (χ4v) is 2.87. The molecule has 0 saturated carbocycles. The van der Waals surface area contributed by atoms with Crippen LogP contribution in [-0.2, 0) is 4.79 Å². The van der Waals surface area contributed by atoms with E-state index in [1.165, 1.54) is 18.4 Å². The second-order valence-electron chi connectivity index (χ2n) is 5.67. The molecule has 1 fully saturated rings. The van der Waals surface area contributed by atoms with Crippen molar-refractivity contribution in [1.82, 2.24) is 10.2 Å². The van der Waals surface area contributed by atoms with Gasteiger partial charge in [-0.15, -0.1) is 0 Å². The lowest BCUT2D eigenvalue weighted by Gasteiger charge is -2.28. The molecule has 0 spiro atoms. The predicted molar refractivity (Wildman–Crippen MR) is 93.5 cm³/mol. The Labute approximate surface area is 138 Å². The number of carbonyl (C=O) groups is 1. The lowest BCUT2D eigenvalue weighted by Crippen LogP contribution is -2.36. The van der Waals surface area contributed by atoms with Crippen LogP contribution in [0.15, 0.2) is 48.6 Å². The zero-order chi connectivity index (χ0) is 16.5. The van der Waals surface area contributed by atoms with E-state index >= 15 is 0 Å². The topological polar surface area (TPSA) is 41.6 Å². The minimum absolute atomic E-state index is 0.0600. The van der Waals surface area contributed by atoms with Gasteiger partial charge in [-0.1, -0.05) is 30.4 Å². The van der Waals surface area contributed by atoms with Gasteiger partial charge in [0.15, 0.2) is 0 Å². The van der Waals surface area contributed by atoms with Gasteiger partial charge in [-0.25, -0.2) is 0 Å². The molecule has 1 unspecified atom stereocenters. The molecule has 4 nitrogen and oxygen atoms in total. The fourth-order valence-electron chi connectivity index (χ4n) is 2.87. The number of hydrogen-bond acceptors (Lipinski definition) is 3. The monoisotopic (exact) mass is 314 g/mol. The third-order valence-electron chi connectivity index (χ3n) is 4.08. The molecule has 0 aliphatic carbocycles. The number of likely N-dealkylation sites (tertiary alicyclic amines) is 1. The first-order valence-corrected chi connectivity index (χ1v) is 8.20. The number of ether oxygens (including phenoxy) is 1. The molecule has 2 rings (SSSR count). The summed E-state index contributed by atoms with van der Waals surface area (Å²) < 4.78 is 5.33. The second-order valence-corrected chi connectivity index (χ2v) is 5.67. The van der Waals surface area contributed by atoms with E-state index in [2.05, 4.69) is 22.3 Å². The number of carbonyl (C=O) groups excluding carboxylic acids is 1. The largest absolute Gasteiger partial charge is 0.497 e. The molecule has 4 heteroatoms. The molecule has 124 valence electrons. The predicted octanol–water partition coefficient (Wildman–Crippen LogP) is 3.08. The van der Waals surface area contributed by atoms with Gasteiger partial charge in [-0.3, -0.25) is 9.69 Å². The number of nitrogens with one attached hydrogen (secondary N) is 1. The molecular weight excluding hydrogens is 288 g/mol. The zero-order valence-electron chi connectivity index (χ0n) is 14.0. The molecule has 1 atom stereocenters. The molecule has 1 amide bonds. The van der Waals surface area contributed by atoms with Crippen molar-refractivity contribution in [2.75, 3.05) is 26.7 Å². The molecule has 1 heterocycles. The van der Waals surface area contributed by atoms with E-state index < -0.39 is 0 Å². The average Bonchev–Trinajstić information content (AvgIpc) is 3.10. The first-order chi connectivity index (χ1) is 11.2. The van der Waals surface area contributed by atoms with Crippen LogP contribution in [0.1, 0.15) is 31.4 Å². The van der Waals surface area contributed by atoms with Crippen molar-refractivity contribution in [1.29, 1.82) is 0 Å². The number of methoxy groups -OCH3 is 1. The van der Waals surface area contributed by atoms with Crippen LogP contribution in [0.3, 0.4) is 0 Å². The van der Waals surface area contributed by atoms with Crippen molar-refractivity contribution in [3.63, 3.8) is 0 Å². The maximum Gasteiger partial charge on any atom is 0.244 e. The summed E-state index contributed by atoms with van der Waals surface area (Å²) in [5, 5.41) is 3.01. The Morgan fingerprint density at radius 2 is 2.13 bits per heavy atom. The van der Waals surface area contributed by atoms with Crippen LogP contribution in [0.4, 0.5) is 0 Å². The van der Waals surface area contributed by atoms with Crippen LogP contribution < -0.4 is 10.1 Å². The smallest absolute Gasteiger partial charge is 0.244 e. The maximum absolute atomic E-state index is 11.9. The van der Waals surface area contributed by atoms with E-state index in [9.17, 15) is 4.79 Å². The molecule has 23 heavy (non-hydrogen) atoms. The van der Waals surface area contributed by atoms with E-state index in [0.717, 1.165) is 18.8 Å². The number of allylic oxidation sites excluding steroid dienone is 3. The average molecular weight is 314 g/mol. The van der Waals surface area contributed by atoms with Gasteiger partial charge in [0.25, 0.3) is 0 Å². The van der Waals surface area contributed by atoms with Gasteiger partial charge in [0.05, 0.1) is 13.2 Å². The highest BCUT2D eigenvalue weighted by atomic mass is 16.5. The Bertz CT molecular complexity index is 560. The van der Waals surface area contributed by atoms with Gasteiger partial charge < -0.3 is 10.1 Å². The summed E-state index contributed by atoms with van der Waals surface area (Å²) in [6.07, 6.45) is 9.50. The van der Waals surface area contributed by atoms with Crippen molar-refractivity contribution in [3.05, 3.63) is 54.1 Å². The molecule has 1 aliphatic rings.